The maximum atomic E-state index is 8.72. The van der Waals surface area contributed by atoms with Crippen molar-refractivity contribution in [2.24, 2.45) is 0 Å². The molecule has 3 heteroatoms. The number of thiophene rings is 1. The maximum absolute atomic E-state index is 8.72. The van der Waals surface area contributed by atoms with E-state index in [1.165, 1.54) is 4.88 Å². The standard InChI is InChI=1S/C14H21NOS/c1-5-14(2,3)15(4)11-13-12(7-6-9-16)8-10-17-13/h8,10,16H,5,9,11H2,1-4H3. The van der Waals surface area contributed by atoms with E-state index >= 15 is 0 Å². The molecule has 0 aliphatic heterocycles. The van der Waals surface area contributed by atoms with E-state index in [0.29, 0.717) is 0 Å². The smallest absolute Gasteiger partial charge is 0.104 e. The van der Waals surface area contributed by atoms with Gasteiger partial charge in [0.05, 0.1) is 0 Å². The summed E-state index contributed by atoms with van der Waals surface area (Å²) in [5.41, 5.74) is 1.24. The van der Waals surface area contributed by atoms with E-state index in [2.05, 4.69) is 49.9 Å². The first-order chi connectivity index (χ1) is 8.01. The van der Waals surface area contributed by atoms with Crippen LogP contribution in [0.1, 0.15) is 37.6 Å². The molecule has 0 saturated carbocycles. The number of nitrogens with zero attached hydrogens (tertiary/aromatic N) is 1. The molecule has 1 heterocycles. The number of rotatable bonds is 4. The van der Waals surface area contributed by atoms with E-state index in [-0.39, 0.29) is 12.1 Å². The van der Waals surface area contributed by atoms with E-state index in [1.807, 2.05) is 6.07 Å². The summed E-state index contributed by atoms with van der Waals surface area (Å²) in [5.74, 6) is 5.71. The quantitative estimate of drug-likeness (QED) is 0.832. The second-order valence-corrected chi connectivity index (χ2v) is 5.74. The van der Waals surface area contributed by atoms with Gasteiger partial charge in [-0.05, 0) is 38.8 Å². The number of hydrogen-bond donors (Lipinski definition) is 1. The predicted octanol–water partition coefficient (Wildman–Crippen LogP) is 2.71. The van der Waals surface area contributed by atoms with Crippen molar-refractivity contribution in [3.8, 4) is 11.8 Å². The number of hydrogen-bond acceptors (Lipinski definition) is 3. The Kier molecular flexibility index (Phi) is 5.20. The first kappa shape index (κ1) is 14.2. The Morgan fingerprint density at radius 3 is 2.76 bits per heavy atom. The van der Waals surface area contributed by atoms with Crippen LogP contribution in [-0.2, 0) is 6.54 Å². The van der Waals surface area contributed by atoms with Crippen molar-refractivity contribution in [3.05, 3.63) is 21.9 Å². The van der Waals surface area contributed by atoms with Crippen molar-refractivity contribution in [2.75, 3.05) is 13.7 Å². The third-order valence-electron chi connectivity index (χ3n) is 3.33. The van der Waals surface area contributed by atoms with Crippen LogP contribution in [0.4, 0.5) is 0 Å². The molecule has 94 valence electrons. The summed E-state index contributed by atoms with van der Waals surface area (Å²) in [6, 6.07) is 2.02. The first-order valence-corrected chi connectivity index (χ1v) is 6.76. The van der Waals surface area contributed by atoms with Gasteiger partial charge in [0.25, 0.3) is 0 Å². The molecule has 2 nitrogen and oxygen atoms in total. The van der Waals surface area contributed by atoms with Crippen molar-refractivity contribution in [3.63, 3.8) is 0 Å². The molecule has 1 rings (SSSR count). The zero-order valence-electron chi connectivity index (χ0n) is 11.1. The summed E-state index contributed by atoms with van der Waals surface area (Å²) in [5, 5.41) is 10.8. The molecule has 0 unspecified atom stereocenters. The lowest BCUT2D eigenvalue weighted by atomic mass is 10.00. The molecule has 0 aromatic carbocycles. The van der Waals surface area contributed by atoms with E-state index in [9.17, 15) is 0 Å². The summed E-state index contributed by atoms with van der Waals surface area (Å²) in [4.78, 5) is 3.62. The second kappa shape index (κ2) is 6.20. The Balaban J connectivity index is 2.79. The minimum absolute atomic E-state index is 0.0778. The fourth-order valence-corrected chi connectivity index (χ4v) is 2.29. The van der Waals surface area contributed by atoms with Gasteiger partial charge in [-0.25, -0.2) is 0 Å². The molecule has 1 N–H and O–H groups in total. The highest BCUT2D eigenvalue weighted by atomic mass is 32.1. The molecule has 1 aromatic rings. The van der Waals surface area contributed by atoms with E-state index < -0.39 is 0 Å². The van der Waals surface area contributed by atoms with Crippen molar-refractivity contribution >= 4 is 11.3 Å². The molecule has 0 aliphatic rings. The lowest BCUT2D eigenvalue weighted by molar-refractivity contribution is 0.144. The minimum Gasteiger partial charge on any atom is -0.384 e. The molecular weight excluding hydrogens is 230 g/mol. The van der Waals surface area contributed by atoms with Crippen LogP contribution in [0.15, 0.2) is 11.4 Å². The summed E-state index contributed by atoms with van der Waals surface area (Å²) < 4.78 is 0. The van der Waals surface area contributed by atoms with Crippen LogP contribution in [0.2, 0.25) is 0 Å². The Morgan fingerprint density at radius 1 is 1.47 bits per heavy atom. The topological polar surface area (TPSA) is 23.5 Å². The molecule has 0 radical (unpaired) electrons. The van der Waals surface area contributed by atoms with Crippen LogP contribution in [0.25, 0.3) is 0 Å². The first-order valence-electron chi connectivity index (χ1n) is 5.88. The summed E-state index contributed by atoms with van der Waals surface area (Å²) in [7, 11) is 2.15. The highest BCUT2D eigenvalue weighted by Gasteiger charge is 2.21. The Hall–Kier alpha value is -0.820. The van der Waals surface area contributed by atoms with Gasteiger partial charge in [-0.15, -0.1) is 11.3 Å². The monoisotopic (exact) mass is 251 g/mol. The molecule has 17 heavy (non-hydrogen) atoms. The van der Waals surface area contributed by atoms with Gasteiger partial charge >= 0.3 is 0 Å². The van der Waals surface area contributed by atoms with Crippen LogP contribution in [0, 0.1) is 11.8 Å². The third-order valence-corrected chi connectivity index (χ3v) is 4.23. The second-order valence-electron chi connectivity index (χ2n) is 4.74. The molecule has 0 spiro atoms. The van der Waals surface area contributed by atoms with Crippen molar-refractivity contribution in [2.45, 2.75) is 39.3 Å². The van der Waals surface area contributed by atoms with Crippen LogP contribution in [0.3, 0.4) is 0 Å². The predicted molar refractivity (Wildman–Crippen MR) is 74.1 cm³/mol. The van der Waals surface area contributed by atoms with Gasteiger partial charge in [-0.1, -0.05) is 18.8 Å². The summed E-state index contributed by atoms with van der Waals surface area (Å²) >= 11 is 1.73. The Labute approximate surface area is 108 Å². The Morgan fingerprint density at radius 2 is 2.18 bits per heavy atom. The average molecular weight is 251 g/mol. The lowest BCUT2D eigenvalue weighted by Gasteiger charge is -2.34. The Bertz CT molecular complexity index is 411. The fraction of sp³-hybridized carbons (Fsp3) is 0.571. The molecular formula is C14H21NOS. The molecule has 0 aliphatic carbocycles. The highest BCUT2D eigenvalue weighted by Crippen LogP contribution is 2.23. The van der Waals surface area contributed by atoms with Crippen LogP contribution >= 0.6 is 11.3 Å². The lowest BCUT2D eigenvalue weighted by Crippen LogP contribution is -2.39. The molecule has 0 atom stereocenters. The molecule has 1 aromatic heterocycles. The molecule has 0 fully saturated rings. The SMILES string of the molecule is CCC(C)(C)N(C)Cc1sccc1C#CCO. The van der Waals surface area contributed by atoms with Crippen LogP contribution in [-0.4, -0.2) is 29.2 Å². The van der Waals surface area contributed by atoms with Crippen LogP contribution < -0.4 is 0 Å². The van der Waals surface area contributed by atoms with Gasteiger partial charge in [0, 0.05) is 22.5 Å². The molecule has 0 amide bonds. The number of aliphatic hydroxyl groups is 1. The van der Waals surface area contributed by atoms with Crippen LogP contribution in [0.5, 0.6) is 0 Å². The third kappa shape index (κ3) is 3.85. The normalized spacial score (nSPS) is 11.4. The summed E-state index contributed by atoms with van der Waals surface area (Å²) in [6.07, 6.45) is 1.12. The fourth-order valence-electron chi connectivity index (χ4n) is 1.41. The van der Waals surface area contributed by atoms with Gasteiger partial charge in [0.1, 0.15) is 6.61 Å². The van der Waals surface area contributed by atoms with Gasteiger partial charge in [0.15, 0.2) is 0 Å². The van der Waals surface area contributed by atoms with Crippen molar-refractivity contribution in [1.29, 1.82) is 0 Å². The van der Waals surface area contributed by atoms with Crippen molar-refractivity contribution < 1.29 is 5.11 Å². The van der Waals surface area contributed by atoms with Gasteiger partial charge in [-0.2, -0.15) is 0 Å². The molecule has 0 bridgehead atoms. The van der Waals surface area contributed by atoms with Gasteiger partial charge < -0.3 is 5.11 Å². The maximum Gasteiger partial charge on any atom is 0.104 e. The van der Waals surface area contributed by atoms with E-state index in [1.54, 1.807) is 11.3 Å². The van der Waals surface area contributed by atoms with Gasteiger partial charge in [-0.3, -0.25) is 4.90 Å². The number of aliphatic hydroxyl groups excluding tert-OH is 1. The average Bonchev–Trinajstić information content (AvgIpc) is 2.73. The van der Waals surface area contributed by atoms with Crippen molar-refractivity contribution in [1.82, 2.24) is 4.90 Å². The minimum atomic E-state index is -0.0778. The summed E-state index contributed by atoms with van der Waals surface area (Å²) in [6.45, 7) is 7.54. The van der Waals surface area contributed by atoms with E-state index in [4.69, 9.17) is 5.11 Å². The zero-order chi connectivity index (χ0) is 12.9. The molecule has 0 saturated heterocycles. The van der Waals surface area contributed by atoms with Gasteiger partial charge in [0.2, 0.25) is 0 Å². The van der Waals surface area contributed by atoms with E-state index in [0.717, 1.165) is 18.5 Å². The zero-order valence-corrected chi connectivity index (χ0v) is 11.9. The largest absolute Gasteiger partial charge is 0.384 e. The highest BCUT2D eigenvalue weighted by molar-refractivity contribution is 7.10.